The number of anilines is 1. The SMILES string of the molecule is Brc1cnc(NCCc2ccncc2)nc1-n1cnc2ccccc21. The fourth-order valence-electron chi connectivity index (χ4n) is 2.61. The van der Waals surface area contributed by atoms with Crippen molar-refractivity contribution in [3.8, 4) is 5.82 Å². The molecule has 0 saturated carbocycles. The molecule has 3 aromatic heterocycles. The lowest BCUT2D eigenvalue weighted by Gasteiger charge is -2.09. The molecule has 0 atom stereocenters. The number of rotatable bonds is 5. The van der Waals surface area contributed by atoms with Crippen LogP contribution in [0.15, 0.2) is 65.8 Å². The molecule has 4 rings (SSSR count). The van der Waals surface area contributed by atoms with Gasteiger partial charge in [-0.05, 0) is 52.2 Å². The van der Waals surface area contributed by atoms with E-state index in [9.17, 15) is 0 Å². The van der Waals surface area contributed by atoms with Crippen LogP contribution in [0.3, 0.4) is 0 Å². The van der Waals surface area contributed by atoms with E-state index in [-0.39, 0.29) is 0 Å². The number of nitrogens with one attached hydrogen (secondary N) is 1. The summed E-state index contributed by atoms with van der Waals surface area (Å²) < 4.78 is 2.77. The van der Waals surface area contributed by atoms with Crippen LogP contribution >= 0.6 is 15.9 Å². The Morgan fingerprint density at radius 1 is 1.04 bits per heavy atom. The van der Waals surface area contributed by atoms with E-state index in [0.717, 1.165) is 34.3 Å². The number of hydrogen-bond acceptors (Lipinski definition) is 5. The number of para-hydroxylation sites is 2. The van der Waals surface area contributed by atoms with Crippen molar-refractivity contribution in [3.05, 3.63) is 71.4 Å². The fourth-order valence-corrected chi connectivity index (χ4v) is 2.99. The molecule has 0 bridgehead atoms. The predicted octanol–water partition coefficient (Wildman–Crippen LogP) is 3.63. The van der Waals surface area contributed by atoms with Crippen molar-refractivity contribution in [3.63, 3.8) is 0 Å². The van der Waals surface area contributed by atoms with Crippen LogP contribution < -0.4 is 5.32 Å². The summed E-state index contributed by atoms with van der Waals surface area (Å²) in [6, 6.07) is 12.0. The lowest BCUT2D eigenvalue weighted by Crippen LogP contribution is -2.10. The molecule has 0 saturated heterocycles. The third-order valence-electron chi connectivity index (χ3n) is 3.85. The average molecular weight is 395 g/mol. The first-order valence-electron chi connectivity index (χ1n) is 7.89. The van der Waals surface area contributed by atoms with Crippen LogP contribution in [0, 0.1) is 0 Å². The molecule has 0 fully saturated rings. The molecule has 0 aliphatic rings. The largest absolute Gasteiger partial charge is 0.354 e. The Hall–Kier alpha value is -2.80. The van der Waals surface area contributed by atoms with Gasteiger partial charge in [-0.3, -0.25) is 9.55 Å². The van der Waals surface area contributed by atoms with Crippen LogP contribution in [0.4, 0.5) is 5.95 Å². The highest BCUT2D eigenvalue weighted by Crippen LogP contribution is 2.23. The Kier molecular flexibility index (Phi) is 4.39. The van der Waals surface area contributed by atoms with Gasteiger partial charge in [0, 0.05) is 25.1 Å². The summed E-state index contributed by atoms with van der Waals surface area (Å²) in [5.41, 5.74) is 3.16. The number of aromatic nitrogens is 5. The molecule has 1 aromatic carbocycles. The molecule has 0 aliphatic carbocycles. The average Bonchev–Trinajstić information content (AvgIpc) is 3.08. The second-order valence-corrected chi connectivity index (χ2v) is 6.36. The molecule has 25 heavy (non-hydrogen) atoms. The van der Waals surface area contributed by atoms with Crippen LogP contribution in [0.5, 0.6) is 0 Å². The van der Waals surface area contributed by atoms with Gasteiger partial charge < -0.3 is 5.32 Å². The molecule has 0 aliphatic heterocycles. The number of imidazole rings is 1. The third-order valence-corrected chi connectivity index (χ3v) is 4.41. The Bertz CT molecular complexity index is 999. The Labute approximate surface area is 153 Å². The van der Waals surface area contributed by atoms with Crippen LogP contribution in [0.1, 0.15) is 5.56 Å². The monoisotopic (exact) mass is 394 g/mol. The van der Waals surface area contributed by atoms with Crippen LogP contribution in [-0.2, 0) is 6.42 Å². The van der Waals surface area contributed by atoms with E-state index in [1.807, 2.05) is 41.0 Å². The van der Waals surface area contributed by atoms with Gasteiger partial charge in [0.2, 0.25) is 5.95 Å². The maximum Gasteiger partial charge on any atom is 0.224 e. The first-order valence-corrected chi connectivity index (χ1v) is 8.68. The number of hydrogen-bond donors (Lipinski definition) is 1. The van der Waals surface area contributed by atoms with Crippen LogP contribution in [0.25, 0.3) is 16.9 Å². The minimum atomic E-state index is 0.588. The highest BCUT2D eigenvalue weighted by molar-refractivity contribution is 9.10. The first kappa shape index (κ1) is 15.7. The van der Waals surface area contributed by atoms with Crippen molar-refractivity contribution in [2.45, 2.75) is 6.42 Å². The normalized spacial score (nSPS) is 10.9. The molecule has 7 heteroatoms. The van der Waals surface area contributed by atoms with Crippen LogP contribution in [0.2, 0.25) is 0 Å². The van der Waals surface area contributed by atoms with Gasteiger partial charge in [0.05, 0.1) is 15.5 Å². The van der Waals surface area contributed by atoms with Crippen molar-refractivity contribution < 1.29 is 0 Å². The van der Waals surface area contributed by atoms with E-state index in [0.29, 0.717) is 5.95 Å². The summed E-state index contributed by atoms with van der Waals surface area (Å²) >= 11 is 3.53. The molecular weight excluding hydrogens is 380 g/mol. The molecule has 0 radical (unpaired) electrons. The van der Waals surface area contributed by atoms with E-state index in [1.54, 1.807) is 24.9 Å². The summed E-state index contributed by atoms with van der Waals surface area (Å²) in [6.45, 7) is 0.746. The molecule has 3 heterocycles. The Morgan fingerprint density at radius 3 is 2.76 bits per heavy atom. The third kappa shape index (κ3) is 3.36. The fraction of sp³-hybridized carbons (Fsp3) is 0.111. The zero-order chi connectivity index (χ0) is 17.1. The highest BCUT2D eigenvalue weighted by Gasteiger charge is 2.10. The van der Waals surface area contributed by atoms with E-state index in [1.165, 1.54) is 5.56 Å². The number of fused-ring (bicyclic) bond motifs is 1. The van der Waals surface area contributed by atoms with Gasteiger partial charge in [-0.15, -0.1) is 0 Å². The standard InChI is InChI=1S/C18H15BrN6/c19-14-11-22-18(21-10-7-13-5-8-20-9-6-13)24-17(14)25-12-23-15-3-1-2-4-16(15)25/h1-6,8-9,11-12H,7,10H2,(H,21,22,24). The van der Waals surface area contributed by atoms with E-state index >= 15 is 0 Å². The topological polar surface area (TPSA) is 68.5 Å². The maximum atomic E-state index is 4.64. The van der Waals surface area contributed by atoms with Gasteiger partial charge in [0.1, 0.15) is 6.33 Å². The number of pyridine rings is 1. The zero-order valence-electron chi connectivity index (χ0n) is 13.3. The summed E-state index contributed by atoms with van der Waals surface area (Å²) in [5.74, 6) is 1.35. The van der Waals surface area contributed by atoms with Crippen LogP contribution in [-0.4, -0.2) is 31.0 Å². The van der Waals surface area contributed by atoms with Crippen molar-refractivity contribution in [1.82, 2.24) is 24.5 Å². The number of nitrogens with zero attached hydrogens (tertiary/aromatic N) is 5. The van der Waals surface area contributed by atoms with E-state index < -0.39 is 0 Å². The summed E-state index contributed by atoms with van der Waals surface area (Å²) in [6.07, 6.45) is 8.01. The quantitative estimate of drug-likeness (QED) is 0.559. The molecule has 0 amide bonds. The van der Waals surface area contributed by atoms with Gasteiger partial charge in [-0.2, -0.15) is 4.98 Å². The van der Waals surface area contributed by atoms with Gasteiger partial charge in [0.25, 0.3) is 0 Å². The molecule has 6 nitrogen and oxygen atoms in total. The zero-order valence-corrected chi connectivity index (χ0v) is 14.9. The van der Waals surface area contributed by atoms with Crippen molar-refractivity contribution >= 4 is 32.9 Å². The predicted molar refractivity (Wildman–Crippen MR) is 101 cm³/mol. The lowest BCUT2D eigenvalue weighted by atomic mass is 10.2. The minimum Gasteiger partial charge on any atom is -0.354 e. The molecule has 4 aromatic rings. The molecule has 0 unspecified atom stereocenters. The Morgan fingerprint density at radius 2 is 1.88 bits per heavy atom. The maximum absolute atomic E-state index is 4.64. The molecular formula is C18H15BrN6. The number of benzene rings is 1. The van der Waals surface area contributed by atoms with Gasteiger partial charge >= 0.3 is 0 Å². The second kappa shape index (κ2) is 6.98. The number of halogens is 1. The molecule has 124 valence electrons. The van der Waals surface area contributed by atoms with Crippen molar-refractivity contribution in [1.29, 1.82) is 0 Å². The smallest absolute Gasteiger partial charge is 0.224 e. The van der Waals surface area contributed by atoms with Crippen molar-refractivity contribution in [2.24, 2.45) is 0 Å². The summed E-state index contributed by atoms with van der Waals surface area (Å²) in [7, 11) is 0. The minimum absolute atomic E-state index is 0.588. The van der Waals surface area contributed by atoms with Crippen molar-refractivity contribution in [2.75, 3.05) is 11.9 Å². The van der Waals surface area contributed by atoms with Gasteiger partial charge in [-0.1, -0.05) is 12.1 Å². The molecule has 0 spiro atoms. The molecule has 1 N–H and O–H groups in total. The highest BCUT2D eigenvalue weighted by atomic mass is 79.9. The van der Waals surface area contributed by atoms with Gasteiger partial charge in [-0.25, -0.2) is 9.97 Å². The Balaban J connectivity index is 1.56. The van der Waals surface area contributed by atoms with E-state index in [2.05, 4.69) is 41.2 Å². The lowest BCUT2D eigenvalue weighted by molar-refractivity contribution is 0.945. The van der Waals surface area contributed by atoms with Gasteiger partial charge in [0.15, 0.2) is 5.82 Å². The second-order valence-electron chi connectivity index (χ2n) is 5.50. The first-order chi connectivity index (χ1) is 12.3. The summed E-state index contributed by atoms with van der Waals surface area (Å²) in [4.78, 5) is 17.4. The summed E-state index contributed by atoms with van der Waals surface area (Å²) in [5, 5.41) is 3.27. The van der Waals surface area contributed by atoms with E-state index in [4.69, 9.17) is 0 Å².